The standard InChI is InChI=1S/C9H6Cl4O2/c1-15-7-4-5(2-3-6(7)10)8(14)9(11,12)13/h2-4H,1H3. The fraction of sp³-hybridized carbons (Fsp3) is 0.222. The first-order chi connectivity index (χ1) is 6.86. The van der Waals surface area contributed by atoms with E-state index in [1.165, 1.54) is 25.3 Å². The Morgan fingerprint density at radius 1 is 1.33 bits per heavy atom. The van der Waals surface area contributed by atoms with Crippen LogP contribution < -0.4 is 4.74 Å². The third kappa shape index (κ3) is 3.15. The molecular formula is C9H6Cl4O2. The summed E-state index contributed by atoms with van der Waals surface area (Å²) in [5.74, 6) is -0.265. The topological polar surface area (TPSA) is 26.3 Å². The highest BCUT2D eigenvalue weighted by Gasteiger charge is 2.31. The number of hydrogen-bond donors (Lipinski definition) is 0. The van der Waals surface area contributed by atoms with Crippen LogP contribution in [0.25, 0.3) is 0 Å². The van der Waals surface area contributed by atoms with Crippen molar-refractivity contribution in [3.63, 3.8) is 0 Å². The molecule has 0 aliphatic rings. The Morgan fingerprint density at radius 2 is 1.93 bits per heavy atom. The largest absolute Gasteiger partial charge is 0.495 e. The summed E-state index contributed by atoms with van der Waals surface area (Å²) in [7, 11) is 1.44. The fourth-order valence-corrected chi connectivity index (χ4v) is 1.49. The molecule has 0 aliphatic heterocycles. The molecule has 15 heavy (non-hydrogen) atoms. The van der Waals surface area contributed by atoms with Gasteiger partial charge in [-0.2, -0.15) is 0 Å². The molecule has 0 amide bonds. The van der Waals surface area contributed by atoms with E-state index in [-0.39, 0.29) is 5.56 Å². The molecule has 0 saturated heterocycles. The highest BCUT2D eigenvalue weighted by atomic mass is 35.6. The normalized spacial score (nSPS) is 11.3. The minimum atomic E-state index is -1.97. The third-order valence-electron chi connectivity index (χ3n) is 1.67. The lowest BCUT2D eigenvalue weighted by Crippen LogP contribution is -2.18. The Kier molecular flexibility index (Phi) is 4.13. The fourth-order valence-electron chi connectivity index (χ4n) is 0.965. The second-order valence-corrected chi connectivity index (χ2v) is 5.36. The number of carbonyl (C=O) groups excluding carboxylic acids is 1. The number of alkyl halides is 3. The zero-order valence-electron chi connectivity index (χ0n) is 7.56. The minimum absolute atomic E-state index is 0.233. The highest BCUT2D eigenvalue weighted by Crippen LogP contribution is 2.33. The molecule has 6 heteroatoms. The van der Waals surface area contributed by atoms with Crippen LogP contribution in [-0.2, 0) is 0 Å². The summed E-state index contributed by atoms with van der Waals surface area (Å²) >= 11 is 22.2. The maximum absolute atomic E-state index is 11.6. The van der Waals surface area contributed by atoms with Crippen LogP contribution in [0, 0.1) is 0 Å². The lowest BCUT2D eigenvalue weighted by molar-refractivity contribution is 0.0996. The first-order valence-corrected chi connectivity index (χ1v) is 5.32. The molecule has 0 heterocycles. The van der Waals surface area contributed by atoms with Crippen molar-refractivity contribution in [2.24, 2.45) is 0 Å². The predicted octanol–water partition coefficient (Wildman–Crippen LogP) is 3.90. The molecular weight excluding hydrogens is 282 g/mol. The van der Waals surface area contributed by atoms with Gasteiger partial charge in [-0.25, -0.2) is 0 Å². The molecule has 0 radical (unpaired) electrons. The van der Waals surface area contributed by atoms with Crippen LogP contribution in [0.15, 0.2) is 18.2 Å². The van der Waals surface area contributed by atoms with Crippen molar-refractivity contribution in [3.8, 4) is 5.75 Å². The van der Waals surface area contributed by atoms with Crippen molar-refractivity contribution < 1.29 is 9.53 Å². The second kappa shape index (κ2) is 4.79. The number of methoxy groups -OCH3 is 1. The van der Waals surface area contributed by atoms with Gasteiger partial charge in [-0.15, -0.1) is 0 Å². The van der Waals surface area contributed by atoms with E-state index in [0.29, 0.717) is 10.8 Å². The summed E-state index contributed by atoms with van der Waals surface area (Å²) < 4.78 is 2.96. The van der Waals surface area contributed by atoms with Gasteiger partial charge in [0.2, 0.25) is 5.78 Å². The molecule has 0 bridgehead atoms. The number of hydrogen-bond acceptors (Lipinski definition) is 2. The first-order valence-electron chi connectivity index (χ1n) is 3.81. The summed E-state index contributed by atoms with van der Waals surface area (Å²) in [5, 5.41) is 0.387. The van der Waals surface area contributed by atoms with E-state index in [2.05, 4.69) is 0 Å². The van der Waals surface area contributed by atoms with Gasteiger partial charge in [0.15, 0.2) is 0 Å². The molecule has 0 atom stereocenters. The molecule has 0 unspecified atom stereocenters. The lowest BCUT2D eigenvalue weighted by atomic mass is 10.1. The predicted molar refractivity (Wildman–Crippen MR) is 62.6 cm³/mol. The maximum Gasteiger partial charge on any atom is 0.253 e. The van der Waals surface area contributed by atoms with Gasteiger partial charge in [-0.1, -0.05) is 46.4 Å². The van der Waals surface area contributed by atoms with E-state index >= 15 is 0 Å². The molecule has 0 fully saturated rings. The van der Waals surface area contributed by atoms with Crippen molar-refractivity contribution in [3.05, 3.63) is 28.8 Å². The molecule has 82 valence electrons. The van der Waals surface area contributed by atoms with Crippen molar-refractivity contribution >= 4 is 52.2 Å². The summed E-state index contributed by atoms with van der Waals surface area (Å²) in [5.41, 5.74) is 0.233. The second-order valence-electron chi connectivity index (χ2n) is 2.68. The van der Waals surface area contributed by atoms with Crippen LogP contribution >= 0.6 is 46.4 Å². The number of benzene rings is 1. The Hall–Kier alpha value is -0.150. The smallest absolute Gasteiger partial charge is 0.253 e. The molecule has 0 N–H and O–H groups in total. The molecule has 0 spiro atoms. The van der Waals surface area contributed by atoms with E-state index in [1.807, 2.05) is 0 Å². The number of carbonyl (C=O) groups is 1. The van der Waals surface area contributed by atoms with E-state index in [9.17, 15) is 4.79 Å². The van der Waals surface area contributed by atoms with E-state index in [1.54, 1.807) is 0 Å². The Labute approximate surface area is 107 Å². The number of rotatable bonds is 2. The lowest BCUT2D eigenvalue weighted by Gasteiger charge is -2.10. The van der Waals surface area contributed by atoms with Gasteiger partial charge < -0.3 is 4.74 Å². The highest BCUT2D eigenvalue weighted by molar-refractivity contribution is 6.77. The monoisotopic (exact) mass is 286 g/mol. The molecule has 0 saturated carbocycles. The zero-order chi connectivity index (χ0) is 11.6. The number of ether oxygens (including phenoxy) is 1. The van der Waals surface area contributed by atoms with E-state index < -0.39 is 9.58 Å². The van der Waals surface area contributed by atoms with Gasteiger partial charge in [0.1, 0.15) is 5.75 Å². The van der Waals surface area contributed by atoms with Gasteiger partial charge >= 0.3 is 0 Å². The Bertz CT molecular complexity index is 384. The summed E-state index contributed by atoms with van der Waals surface area (Å²) in [6.45, 7) is 0. The van der Waals surface area contributed by atoms with E-state index in [0.717, 1.165) is 0 Å². The van der Waals surface area contributed by atoms with Gasteiger partial charge in [0.05, 0.1) is 12.1 Å². The van der Waals surface area contributed by atoms with Crippen LogP contribution in [-0.4, -0.2) is 16.7 Å². The maximum atomic E-state index is 11.6. The number of ketones is 1. The van der Waals surface area contributed by atoms with Crippen LogP contribution in [0.2, 0.25) is 5.02 Å². The first kappa shape index (κ1) is 12.9. The van der Waals surface area contributed by atoms with Gasteiger partial charge in [-0.3, -0.25) is 4.79 Å². The zero-order valence-corrected chi connectivity index (χ0v) is 10.6. The van der Waals surface area contributed by atoms with E-state index in [4.69, 9.17) is 51.1 Å². The third-order valence-corrected chi connectivity index (χ3v) is 2.50. The average Bonchev–Trinajstić information content (AvgIpc) is 2.16. The van der Waals surface area contributed by atoms with Crippen LogP contribution in [0.3, 0.4) is 0 Å². The quantitative estimate of drug-likeness (QED) is 0.609. The van der Waals surface area contributed by atoms with Crippen molar-refractivity contribution in [1.82, 2.24) is 0 Å². The molecule has 2 nitrogen and oxygen atoms in total. The van der Waals surface area contributed by atoms with Crippen LogP contribution in [0.4, 0.5) is 0 Å². The van der Waals surface area contributed by atoms with Gasteiger partial charge in [0, 0.05) is 5.56 Å². The van der Waals surface area contributed by atoms with Crippen molar-refractivity contribution in [1.29, 1.82) is 0 Å². The average molecular weight is 288 g/mol. The summed E-state index contributed by atoms with van der Waals surface area (Å²) in [6, 6.07) is 4.39. The van der Waals surface area contributed by atoms with Crippen LogP contribution in [0.1, 0.15) is 10.4 Å². The molecule has 0 aliphatic carbocycles. The summed E-state index contributed by atoms with van der Waals surface area (Å²) in [6.07, 6.45) is 0. The SMILES string of the molecule is COc1cc(C(=O)C(Cl)(Cl)Cl)ccc1Cl. The molecule has 0 aromatic heterocycles. The molecule has 1 aromatic rings. The van der Waals surface area contributed by atoms with Gasteiger partial charge in [0.25, 0.3) is 3.79 Å². The molecule has 1 aromatic carbocycles. The summed E-state index contributed by atoms with van der Waals surface area (Å²) in [4.78, 5) is 11.6. The minimum Gasteiger partial charge on any atom is -0.495 e. The molecule has 1 rings (SSSR count). The van der Waals surface area contributed by atoms with Gasteiger partial charge in [-0.05, 0) is 18.2 Å². The number of halogens is 4. The van der Waals surface area contributed by atoms with Crippen molar-refractivity contribution in [2.75, 3.05) is 7.11 Å². The Balaban J connectivity index is 3.12. The van der Waals surface area contributed by atoms with Crippen molar-refractivity contribution in [2.45, 2.75) is 3.79 Å². The van der Waals surface area contributed by atoms with Crippen LogP contribution in [0.5, 0.6) is 5.75 Å². The number of Topliss-reactive ketones (excluding diaryl/α,β-unsaturated/α-hetero) is 1. The Morgan fingerprint density at radius 3 is 2.40 bits per heavy atom.